The maximum atomic E-state index is 11.5. The van der Waals surface area contributed by atoms with E-state index in [0.717, 1.165) is 4.47 Å². The first-order valence-corrected chi connectivity index (χ1v) is 6.66. The normalized spacial score (nSPS) is 9.76. The van der Waals surface area contributed by atoms with Gasteiger partial charge in [-0.15, -0.1) is 0 Å². The molecule has 0 fully saturated rings. The lowest BCUT2D eigenvalue weighted by atomic mass is 10.2. The highest BCUT2D eigenvalue weighted by Gasteiger charge is 2.12. The molecule has 0 aliphatic carbocycles. The van der Waals surface area contributed by atoms with Crippen molar-refractivity contribution in [1.29, 1.82) is 5.26 Å². The average molecular weight is 347 g/mol. The van der Waals surface area contributed by atoms with Crippen molar-refractivity contribution in [2.45, 2.75) is 0 Å². The van der Waals surface area contributed by atoms with Crippen molar-refractivity contribution < 1.29 is 9.53 Å². The zero-order valence-electron chi connectivity index (χ0n) is 11.1. The summed E-state index contributed by atoms with van der Waals surface area (Å²) in [5.41, 5.74) is 7.28. The lowest BCUT2D eigenvalue weighted by Gasteiger charge is -2.11. The van der Waals surface area contributed by atoms with Gasteiger partial charge in [0.25, 0.3) is 0 Å². The fourth-order valence-electron chi connectivity index (χ4n) is 1.63. The Morgan fingerprint density at radius 2 is 2.19 bits per heavy atom. The van der Waals surface area contributed by atoms with Crippen LogP contribution in [0.5, 0.6) is 0 Å². The third-order valence-corrected chi connectivity index (χ3v) is 3.17. The van der Waals surface area contributed by atoms with Crippen molar-refractivity contribution in [3.8, 4) is 6.07 Å². The van der Waals surface area contributed by atoms with E-state index in [4.69, 9.17) is 11.0 Å². The molecule has 1 aromatic carbocycles. The van der Waals surface area contributed by atoms with E-state index in [1.807, 2.05) is 0 Å². The molecule has 0 spiro atoms. The van der Waals surface area contributed by atoms with Crippen LogP contribution in [0, 0.1) is 11.3 Å². The second-order valence-corrected chi connectivity index (χ2v) is 4.97. The molecule has 0 radical (unpaired) electrons. The number of benzene rings is 1. The molecule has 0 bridgehead atoms. The minimum atomic E-state index is -0.561. The number of ether oxygens (including phenoxy) is 1. The molecule has 2 rings (SSSR count). The van der Waals surface area contributed by atoms with Crippen LogP contribution in [0.4, 0.5) is 17.2 Å². The standard InChI is InChI=1S/C14H11BrN4O2/c1-21-14(20)12-5-3-10(17)13(19-12)18-11-4-2-9(15)6-8(11)7-16/h2-6H,17H2,1H3,(H,18,19). The van der Waals surface area contributed by atoms with Gasteiger partial charge in [0.1, 0.15) is 6.07 Å². The highest BCUT2D eigenvalue weighted by Crippen LogP contribution is 2.26. The van der Waals surface area contributed by atoms with Crippen LogP contribution in [0.1, 0.15) is 16.1 Å². The molecule has 6 nitrogen and oxygen atoms in total. The van der Waals surface area contributed by atoms with Crippen LogP contribution in [0.2, 0.25) is 0 Å². The molecule has 0 aliphatic rings. The molecule has 0 saturated heterocycles. The summed E-state index contributed by atoms with van der Waals surface area (Å²) < 4.78 is 5.40. The number of nitrogens with two attached hydrogens (primary N) is 1. The lowest BCUT2D eigenvalue weighted by molar-refractivity contribution is 0.0594. The average Bonchev–Trinajstić information content (AvgIpc) is 2.50. The second kappa shape index (κ2) is 6.24. The van der Waals surface area contributed by atoms with Crippen molar-refractivity contribution in [3.63, 3.8) is 0 Å². The number of hydrogen-bond donors (Lipinski definition) is 2. The van der Waals surface area contributed by atoms with E-state index in [0.29, 0.717) is 16.9 Å². The van der Waals surface area contributed by atoms with Crippen LogP contribution in [0.25, 0.3) is 0 Å². The number of carbonyl (C=O) groups is 1. The number of carbonyl (C=O) groups excluding carboxylic acids is 1. The Morgan fingerprint density at radius 3 is 2.86 bits per heavy atom. The molecule has 106 valence electrons. The molecular weight excluding hydrogens is 336 g/mol. The van der Waals surface area contributed by atoms with E-state index in [-0.39, 0.29) is 11.5 Å². The Morgan fingerprint density at radius 1 is 1.43 bits per heavy atom. The first-order valence-electron chi connectivity index (χ1n) is 5.86. The Hall–Kier alpha value is -2.59. The molecule has 0 saturated carbocycles. The Kier molecular flexibility index (Phi) is 4.40. The summed E-state index contributed by atoms with van der Waals surface area (Å²) in [5, 5.41) is 12.1. The Balaban J connectivity index is 2.40. The quantitative estimate of drug-likeness (QED) is 0.828. The van der Waals surface area contributed by atoms with E-state index in [1.54, 1.807) is 24.3 Å². The van der Waals surface area contributed by atoms with Gasteiger partial charge in [-0.05, 0) is 30.3 Å². The fourth-order valence-corrected chi connectivity index (χ4v) is 1.99. The Bertz CT molecular complexity index is 740. The predicted octanol–water partition coefficient (Wildman–Crippen LogP) is 2.83. The van der Waals surface area contributed by atoms with Gasteiger partial charge in [-0.25, -0.2) is 9.78 Å². The monoisotopic (exact) mass is 346 g/mol. The number of rotatable bonds is 3. The molecule has 1 aromatic heterocycles. The van der Waals surface area contributed by atoms with E-state index in [2.05, 4.69) is 37.0 Å². The van der Waals surface area contributed by atoms with E-state index >= 15 is 0 Å². The Labute approximate surface area is 129 Å². The van der Waals surface area contributed by atoms with Crippen LogP contribution in [-0.4, -0.2) is 18.1 Å². The second-order valence-electron chi connectivity index (χ2n) is 4.05. The summed E-state index contributed by atoms with van der Waals surface area (Å²) in [6.45, 7) is 0. The van der Waals surface area contributed by atoms with Gasteiger partial charge in [0.15, 0.2) is 11.5 Å². The van der Waals surface area contributed by atoms with Gasteiger partial charge in [0.05, 0.1) is 24.0 Å². The largest absolute Gasteiger partial charge is 0.464 e. The SMILES string of the molecule is COC(=O)c1ccc(N)c(Nc2ccc(Br)cc2C#N)n1. The fraction of sp³-hybridized carbons (Fsp3) is 0.0714. The number of nitriles is 1. The number of anilines is 3. The van der Waals surface area contributed by atoms with Crippen LogP contribution >= 0.6 is 15.9 Å². The van der Waals surface area contributed by atoms with Crippen molar-refractivity contribution in [2.24, 2.45) is 0 Å². The summed E-state index contributed by atoms with van der Waals surface area (Å²) in [5.74, 6) is -0.272. The van der Waals surface area contributed by atoms with Gasteiger partial charge in [0.2, 0.25) is 0 Å². The number of nitrogens with one attached hydrogen (secondary N) is 1. The molecule has 21 heavy (non-hydrogen) atoms. The van der Waals surface area contributed by atoms with Crippen LogP contribution < -0.4 is 11.1 Å². The van der Waals surface area contributed by atoms with Crippen molar-refractivity contribution in [1.82, 2.24) is 4.98 Å². The maximum Gasteiger partial charge on any atom is 0.356 e. The number of halogens is 1. The first kappa shape index (κ1) is 14.8. The third-order valence-electron chi connectivity index (χ3n) is 2.68. The topological polar surface area (TPSA) is 101 Å². The van der Waals surface area contributed by atoms with E-state index < -0.39 is 5.97 Å². The molecule has 0 aliphatic heterocycles. The highest BCUT2D eigenvalue weighted by molar-refractivity contribution is 9.10. The number of hydrogen-bond acceptors (Lipinski definition) is 6. The molecule has 0 atom stereocenters. The zero-order valence-corrected chi connectivity index (χ0v) is 12.6. The number of pyridine rings is 1. The molecule has 1 heterocycles. The summed E-state index contributed by atoms with van der Waals surface area (Å²) in [4.78, 5) is 15.6. The number of aromatic nitrogens is 1. The third kappa shape index (κ3) is 3.30. The van der Waals surface area contributed by atoms with Gasteiger partial charge in [-0.1, -0.05) is 15.9 Å². The molecule has 0 unspecified atom stereocenters. The van der Waals surface area contributed by atoms with Gasteiger partial charge >= 0.3 is 5.97 Å². The highest BCUT2D eigenvalue weighted by atomic mass is 79.9. The maximum absolute atomic E-state index is 11.5. The molecule has 3 N–H and O–H groups in total. The summed E-state index contributed by atoms with van der Waals surface area (Å²) in [7, 11) is 1.27. The first-order chi connectivity index (χ1) is 10.0. The summed E-state index contributed by atoms with van der Waals surface area (Å²) in [6, 6.07) is 10.3. The van der Waals surface area contributed by atoms with Crippen LogP contribution in [0.3, 0.4) is 0 Å². The lowest BCUT2D eigenvalue weighted by Crippen LogP contribution is -2.08. The van der Waals surface area contributed by atoms with Crippen LogP contribution in [0.15, 0.2) is 34.8 Å². The molecular formula is C14H11BrN4O2. The van der Waals surface area contributed by atoms with Crippen molar-refractivity contribution >= 4 is 39.1 Å². The number of esters is 1. The number of methoxy groups -OCH3 is 1. The van der Waals surface area contributed by atoms with Crippen LogP contribution in [-0.2, 0) is 4.74 Å². The minimum absolute atomic E-state index is 0.129. The van der Waals surface area contributed by atoms with Gasteiger partial charge in [-0.2, -0.15) is 5.26 Å². The molecule has 7 heteroatoms. The van der Waals surface area contributed by atoms with Gasteiger partial charge < -0.3 is 15.8 Å². The van der Waals surface area contributed by atoms with Crippen molar-refractivity contribution in [2.75, 3.05) is 18.2 Å². The van der Waals surface area contributed by atoms with Gasteiger partial charge in [0, 0.05) is 4.47 Å². The zero-order chi connectivity index (χ0) is 15.4. The summed E-state index contributed by atoms with van der Waals surface area (Å²) in [6.07, 6.45) is 0. The van der Waals surface area contributed by atoms with E-state index in [1.165, 1.54) is 13.2 Å². The smallest absolute Gasteiger partial charge is 0.356 e. The summed E-state index contributed by atoms with van der Waals surface area (Å²) >= 11 is 3.30. The number of nitrogen functional groups attached to an aromatic ring is 1. The predicted molar refractivity (Wildman–Crippen MR) is 82.1 cm³/mol. The van der Waals surface area contributed by atoms with Crippen molar-refractivity contribution in [3.05, 3.63) is 46.1 Å². The van der Waals surface area contributed by atoms with E-state index in [9.17, 15) is 4.79 Å². The van der Waals surface area contributed by atoms with Gasteiger partial charge in [-0.3, -0.25) is 0 Å². The minimum Gasteiger partial charge on any atom is -0.464 e. The molecule has 0 amide bonds. The number of nitrogens with zero attached hydrogens (tertiary/aromatic N) is 2. The molecule has 2 aromatic rings.